The van der Waals surface area contributed by atoms with Gasteiger partial charge in [-0.3, -0.25) is 4.72 Å². The number of hydrogen-bond donors (Lipinski definition) is 1. The van der Waals surface area contributed by atoms with Gasteiger partial charge in [-0.25, -0.2) is 21.2 Å². The van der Waals surface area contributed by atoms with Gasteiger partial charge in [0, 0.05) is 5.69 Å². The molecule has 0 radical (unpaired) electrons. The summed E-state index contributed by atoms with van der Waals surface area (Å²) in [7, 11) is -7.92. The molecule has 0 aromatic heterocycles. The Morgan fingerprint density at radius 1 is 0.778 bits per heavy atom. The molecule has 0 spiro atoms. The van der Waals surface area contributed by atoms with E-state index in [9.17, 15) is 21.2 Å². The molecule has 1 N–H and O–H groups in total. The van der Waals surface area contributed by atoms with E-state index in [2.05, 4.69) is 4.72 Å². The van der Waals surface area contributed by atoms with Crippen LogP contribution in [-0.2, 0) is 19.9 Å². The molecule has 0 atom stereocenters. The normalized spacial score (nSPS) is 11.9. The molecule has 0 unspecified atom stereocenters. The Morgan fingerprint density at radius 2 is 1.41 bits per heavy atom. The predicted molar refractivity (Wildman–Crippen MR) is 100 cm³/mol. The van der Waals surface area contributed by atoms with Crippen LogP contribution >= 0.6 is 0 Å². The molecule has 0 fully saturated rings. The average molecular weight is 405 g/mol. The van der Waals surface area contributed by atoms with E-state index < -0.39 is 25.7 Å². The molecule has 140 valence electrons. The van der Waals surface area contributed by atoms with Crippen LogP contribution < -0.4 is 4.72 Å². The number of sulfone groups is 1. The Bertz CT molecular complexity index is 1170. The summed E-state index contributed by atoms with van der Waals surface area (Å²) >= 11 is 0. The molecular formula is C19H16FNO4S2. The van der Waals surface area contributed by atoms with E-state index in [1.165, 1.54) is 36.4 Å². The van der Waals surface area contributed by atoms with Crippen molar-refractivity contribution < 1.29 is 21.2 Å². The zero-order chi connectivity index (χ0) is 19.7. The fourth-order valence-corrected chi connectivity index (χ4v) is 5.21. The third-order valence-corrected chi connectivity index (χ3v) is 7.20. The van der Waals surface area contributed by atoms with Crippen LogP contribution in [-0.4, -0.2) is 16.8 Å². The highest BCUT2D eigenvalue weighted by Crippen LogP contribution is 2.26. The minimum absolute atomic E-state index is 0.0729. The first-order chi connectivity index (χ1) is 12.7. The van der Waals surface area contributed by atoms with E-state index in [-0.39, 0.29) is 20.4 Å². The predicted octanol–water partition coefficient (Wildman–Crippen LogP) is 3.77. The molecule has 8 heteroatoms. The second-order valence-electron chi connectivity index (χ2n) is 5.86. The van der Waals surface area contributed by atoms with Gasteiger partial charge >= 0.3 is 0 Å². The van der Waals surface area contributed by atoms with Crippen molar-refractivity contribution in [2.24, 2.45) is 0 Å². The Labute approximate surface area is 157 Å². The molecule has 3 aromatic carbocycles. The van der Waals surface area contributed by atoms with E-state index in [4.69, 9.17) is 0 Å². The topological polar surface area (TPSA) is 80.3 Å². The first-order valence-electron chi connectivity index (χ1n) is 7.89. The van der Waals surface area contributed by atoms with Gasteiger partial charge in [-0.05, 0) is 61.0 Å². The molecule has 5 nitrogen and oxygen atoms in total. The molecule has 0 aliphatic rings. The SMILES string of the molecule is Cc1ccc(S(=O)(=O)c2ccccc2)cc1S(=O)(=O)Nc1ccc(F)cc1. The molecular weight excluding hydrogens is 389 g/mol. The smallest absolute Gasteiger partial charge is 0.262 e. The van der Waals surface area contributed by atoms with Gasteiger partial charge in [0.15, 0.2) is 0 Å². The van der Waals surface area contributed by atoms with Crippen molar-refractivity contribution in [2.75, 3.05) is 4.72 Å². The van der Waals surface area contributed by atoms with Gasteiger partial charge < -0.3 is 0 Å². The van der Waals surface area contributed by atoms with Crippen LogP contribution in [0.5, 0.6) is 0 Å². The zero-order valence-corrected chi connectivity index (χ0v) is 15.9. The Morgan fingerprint density at radius 3 is 2.04 bits per heavy atom. The van der Waals surface area contributed by atoms with Crippen LogP contribution in [0.4, 0.5) is 10.1 Å². The van der Waals surface area contributed by atoms with Crippen LogP contribution in [0.25, 0.3) is 0 Å². The second-order valence-corrected chi connectivity index (χ2v) is 9.46. The summed E-state index contributed by atoms with van der Waals surface area (Å²) in [5, 5.41) is 0. The van der Waals surface area contributed by atoms with Gasteiger partial charge in [0.2, 0.25) is 9.84 Å². The third-order valence-electron chi connectivity index (χ3n) is 3.91. The molecule has 3 rings (SSSR count). The standard InChI is InChI=1S/C19H16FNO4S2/c1-14-7-12-18(26(22,23)17-5-3-2-4-6-17)13-19(14)27(24,25)21-16-10-8-15(20)9-11-16/h2-13,21H,1H3. The van der Waals surface area contributed by atoms with Crippen LogP contribution in [0.3, 0.4) is 0 Å². The summed E-state index contributed by atoms with van der Waals surface area (Å²) in [5.74, 6) is -0.495. The maximum absolute atomic E-state index is 13.0. The number of rotatable bonds is 5. The molecule has 0 saturated carbocycles. The minimum Gasteiger partial charge on any atom is -0.280 e. The highest BCUT2D eigenvalue weighted by atomic mass is 32.2. The highest BCUT2D eigenvalue weighted by Gasteiger charge is 2.23. The summed E-state index contributed by atoms with van der Waals surface area (Å²) in [5.41, 5.74) is 0.559. The first kappa shape index (κ1) is 19.1. The zero-order valence-electron chi connectivity index (χ0n) is 14.3. The third kappa shape index (κ3) is 4.01. The number of aryl methyl sites for hydroxylation is 1. The van der Waals surface area contributed by atoms with E-state index in [0.717, 1.165) is 18.2 Å². The lowest BCUT2D eigenvalue weighted by molar-refractivity contribution is 0.595. The number of hydrogen-bond acceptors (Lipinski definition) is 4. The first-order valence-corrected chi connectivity index (χ1v) is 10.9. The summed E-state index contributed by atoms with van der Waals surface area (Å²) in [6, 6.07) is 16.5. The lowest BCUT2D eigenvalue weighted by Gasteiger charge is -2.12. The van der Waals surface area contributed by atoms with Crippen molar-refractivity contribution in [3.63, 3.8) is 0 Å². The van der Waals surface area contributed by atoms with E-state index in [1.807, 2.05) is 0 Å². The Balaban J connectivity index is 2.04. The van der Waals surface area contributed by atoms with Crippen LogP contribution in [0.1, 0.15) is 5.56 Å². The van der Waals surface area contributed by atoms with Gasteiger partial charge in [-0.1, -0.05) is 24.3 Å². The molecule has 27 heavy (non-hydrogen) atoms. The van der Waals surface area contributed by atoms with Gasteiger partial charge in [0.05, 0.1) is 14.7 Å². The number of benzene rings is 3. The van der Waals surface area contributed by atoms with Crippen molar-refractivity contribution in [2.45, 2.75) is 21.6 Å². The largest absolute Gasteiger partial charge is 0.280 e. The lowest BCUT2D eigenvalue weighted by atomic mass is 10.2. The lowest BCUT2D eigenvalue weighted by Crippen LogP contribution is -2.15. The maximum Gasteiger partial charge on any atom is 0.262 e. The summed E-state index contributed by atoms with van der Waals surface area (Å²) in [6.45, 7) is 1.57. The van der Waals surface area contributed by atoms with E-state index in [1.54, 1.807) is 25.1 Å². The number of halogens is 1. The quantitative estimate of drug-likeness (QED) is 0.701. The minimum atomic E-state index is -4.06. The van der Waals surface area contributed by atoms with Crippen molar-refractivity contribution in [1.29, 1.82) is 0 Å². The highest BCUT2D eigenvalue weighted by molar-refractivity contribution is 7.93. The Hall–Kier alpha value is -2.71. The van der Waals surface area contributed by atoms with Crippen LogP contribution in [0.15, 0.2) is 87.5 Å². The maximum atomic E-state index is 13.0. The van der Waals surface area contributed by atoms with Gasteiger partial charge in [-0.15, -0.1) is 0 Å². The van der Waals surface area contributed by atoms with Crippen molar-refractivity contribution >= 4 is 25.5 Å². The van der Waals surface area contributed by atoms with Gasteiger partial charge in [0.1, 0.15) is 5.82 Å². The fraction of sp³-hybridized carbons (Fsp3) is 0.0526. The van der Waals surface area contributed by atoms with Crippen molar-refractivity contribution in [3.8, 4) is 0 Å². The number of sulfonamides is 1. The summed E-state index contributed by atoms with van der Waals surface area (Å²) in [6.07, 6.45) is 0. The van der Waals surface area contributed by atoms with Crippen molar-refractivity contribution in [1.82, 2.24) is 0 Å². The average Bonchev–Trinajstić information content (AvgIpc) is 2.64. The summed E-state index contributed by atoms with van der Waals surface area (Å²) < 4.78 is 66.3. The molecule has 3 aromatic rings. The molecule has 0 bridgehead atoms. The van der Waals surface area contributed by atoms with Gasteiger partial charge in [-0.2, -0.15) is 0 Å². The fourth-order valence-electron chi connectivity index (χ4n) is 2.50. The van der Waals surface area contributed by atoms with Crippen LogP contribution in [0, 0.1) is 12.7 Å². The number of anilines is 1. The Kier molecular flexibility index (Phi) is 5.03. The second kappa shape index (κ2) is 7.13. The molecule has 0 aliphatic heterocycles. The monoisotopic (exact) mass is 405 g/mol. The van der Waals surface area contributed by atoms with E-state index >= 15 is 0 Å². The van der Waals surface area contributed by atoms with Crippen LogP contribution in [0.2, 0.25) is 0 Å². The van der Waals surface area contributed by atoms with E-state index in [0.29, 0.717) is 5.56 Å². The van der Waals surface area contributed by atoms with Crippen molar-refractivity contribution in [3.05, 3.63) is 84.2 Å². The molecule has 0 heterocycles. The molecule has 0 aliphatic carbocycles. The van der Waals surface area contributed by atoms with Gasteiger partial charge in [0.25, 0.3) is 10.0 Å². The number of nitrogens with one attached hydrogen (secondary N) is 1. The molecule has 0 amide bonds. The molecule has 0 saturated heterocycles. The summed E-state index contributed by atoms with van der Waals surface area (Å²) in [4.78, 5) is -0.216.